The van der Waals surface area contributed by atoms with Gasteiger partial charge in [-0.25, -0.2) is 4.39 Å². The van der Waals surface area contributed by atoms with Crippen LogP contribution in [0, 0.1) is 5.82 Å². The molecule has 0 saturated carbocycles. The number of hydrogen-bond acceptors (Lipinski definition) is 2. The Morgan fingerprint density at radius 2 is 2.00 bits per heavy atom. The molecular weight excluding hydrogens is 225 g/mol. The number of benzene rings is 1. The highest BCUT2D eigenvalue weighted by molar-refractivity contribution is 7.84. The summed E-state index contributed by atoms with van der Waals surface area (Å²) in [5.41, 5.74) is 6.98. The van der Waals surface area contributed by atoms with Crippen LogP contribution in [0.15, 0.2) is 18.2 Å². The monoisotopic (exact) mass is 243 g/mol. The molecule has 4 heteroatoms. The van der Waals surface area contributed by atoms with E-state index in [1.165, 1.54) is 12.1 Å². The molecule has 0 radical (unpaired) electrons. The fourth-order valence-corrected chi connectivity index (χ4v) is 2.78. The molecule has 1 aromatic carbocycles. The molecule has 0 spiro atoms. The zero-order chi connectivity index (χ0) is 12.0. The molecule has 2 N–H and O–H groups in total. The maximum Gasteiger partial charge on any atom is 0.123 e. The molecule has 1 rings (SSSR count). The molecule has 0 aromatic heterocycles. The zero-order valence-electron chi connectivity index (χ0n) is 9.54. The lowest BCUT2D eigenvalue weighted by molar-refractivity contribution is 0.623. The first-order valence-corrected chi connectivity index (χ1v) is 6.98. The van der Waals surface area contributed by atoms with Crippen molar-refractivity contribution in [2.75, 3.05) is 5.75 Å². The van der Waals surface area contributed by atoms with Crippen molar-refractivity contribution in [3.63, 3.8) is 0 Å². The normalized spacial score (nSPS) is 12.7. The van der Waals surface area contributed by atoms with Crippen LogP contribution in [-0.4, -0.2) is 9.96 Å². The molecule has 1 unspecified atom stereocenters. The van der Waals surface area contributed by atoms with E-state index in [1.807, 2.05) is 6.07 Å². The predicted octanol–water partition coefficient (Wildman–Crippen LogP) is 2.33. The van der Waals surface area contributed by atoms with Crippen molar-refractivity contribution >= 4 is 10.8 Å². The van der Waals surface area contributed by atoms with Crippen molar-refractivity contribution in [1.82, 2.24) is 0 Å². The van der Waals surface area contributed by atoms with Crippen LogP contribution in [0.25, 0.3) is 0 Å². The number of nitrogens with two attached hydrogens (primary N) is 1. The maximum atomic E-state index is 13.2. The molecule has 2 nitrogen and oxygen atoms in total. The summed E-state index contributed by atoms with van der Waals surface area (Å²) in [7, 11) is -0.897. The molecule has 0 heterocycles. The highest BCUT2D eigenvalue weighted by atomic mass is 32.2. The van der Waals surface area contributed by atoms with Crippen molar-refractivity contribution in [2.45, 2.75) is 32.1 Å². The quantitative estimate of drug-likeness (QED) is 0.833. The van der Waals surface area contributed by atoms with Crippen molar-refractivity contribution < 1.29 is 8.60 Å². The molecule has 0 fully saturated rings. The van der Waals surface area contributed by atoms with E-state index in [0.717, 1.165) is 24.0 Å². The van der Waals surface area contributed by atoms with Gasteiger partial charge < -0.3 is 5.73 Å². The summed E-state index contributed by atoms with van der Waals surface area (Å²) in [5.74, 6) is 0.806. The highest BCUT2D eigenvalue weighted by Gasteiger charge is 2.04. The Kier molecular flexibility index (Phi) is 5.63. The van der Waals surface area contributed by atoms with Gasteiger partial charge in [-0.15, -0.1) is 0 Å². The fourth-order valence-electron chi connectivity index (χ4n) is 1.48. The van der Waals surface area contributed by atoms with Crippen molar-refractivity contribution in [3.8, 4) is 0 Å². The van der Waals surface area contributed by atoms with Crippen LogP contribution >= 0.6 is 0 Å². The summed E-state index contributed by atoms with van der Waals surface area (Å²) in [6.45, 7) is 2.37. The summed E-state index contributed by atoms with van der Waals surface area (Å²) in [6.07, 6.45) is 1.98. The summed E-state index contributed by atoms with van der Waals surface area (Å²) in [6, 6.07) is 4.67. The zero-order valence-corrected chi connectivity index (χ0v) is 10.4. The van der Waals surface area contributed by atoms with Gasteiger partial charge in [-0.3, -0.25) is 4.21 Å². The summed E-state index contributed by atoms with van der Waals surface area (Å²) in [4.78, 5) is 0. The Bertz CT molecular complexity index is 368. The maximum absolute atomic E-state index is 13.2. The highest BCUT2D eigenvalue weighted by Crippen LogP contribution is 2.11. The average molecular weight is 243 g/mol. The second kappa shape index (κ2) is 6.76. The summed E-state index contributed by atoms with van der Waals surface area (Å²) >= 11 is 0. The van der Waals surface area contributed by atoms with Crippen LogP contribution in [0.1, 0.15) is 30.9 Å². The lowest BCUT2D eigenvalue weighted by Crippen LogP contribution is -2.03. The Labute approximate surface area is 98.5 Å². The molecule has 0 aliphatic heterocycles. The number of unbranched alkanes of at least 4 members (excludes halogenated alkanes) is 1. The Morgan fingerprint density at radius 3 is 2.62 bits per heavy atom. The SMILES string of the molecule is CCCCS(=O)Cc1cc(F)cc(CN)c1. The standard InChI is InChI=1S/C12H18FNOS/c1-2-3-4-16(15)9-11-5-10(8-14)6-12(13)7-11/h5-7H,2-4,8-9,14H2,1H3. The first-order chi connectivity index (χ1) is 7.65. The lowest BCUT2D eigenvalue weighted by atomic mass is 10.1. The molecule has 16 heavy (non-hydrogen) atoms. The summed E-state index contributed by atoms with van der Waals surface area (Å²) < 4.78 is 24.8. The van der Waals surface area contributed by atoms with Crippen molar-refractivity contribution in [1.29, 1.82) is 0 Å². The van der Waals surface area contributed by atoms with Crippen molar-refractivity contribution in [3.05, 3.63) is 35.1 Å². The number of halogens is 1. The minimum atomic E-state index is -0.897. The van der Waals surface area contributed by atoms with E-state index in [-0.39, 0.29) is 5.82 Å². The topological polar surface area (TPSA) is 43.1 Å². The van der Waals surface area contributed by atoms with Crippen molar-refractivity contribution in [2.24, 2.45) is 5.73 Å². The lowest BCUT2D eigenvalue weighted by Gasteiger charge is -2.05. The van der Waals surface area contributed by atoms with Gasteiger partial charge in [-0.1, -0.05) is 19.4 Å². The molecule has 0 aliphatic rings. The third-order valence-electron chi connectivity index (χ3n) is 2.31. The van der Waals surface area contributed by atoms with Gasteiger partial charge in [0.1, 0.15) is 5.82 Å². The molecule has 0 aliphatic carbocycles. The first-order valence-electron chi connectivity index (χ1n) is 5.49. The smallest absolute Gasteiger partial charge is 0.123 e. The Morgan fingerprint density at radius 1 is 1.31 bits per heavy atom. The third-order valence-corrected chi connectivity index (χ3v) is 3.71. The average Bonchev–Trinajstić information content (AvgIpc) is 2.25. The van der Waals surface area contributed by atoms with Gasteiger partial charge in [0, 0.05) is 28.9 Å². The van der Waals surface area contributed by atoms with E-state index >= 15 is 0 Å². The van der Waals surface area contributed by atoms with Gasteiger partial charge in [-0.05, 0) is 29.7 Å². The van der Waals surface area contributed by atoms with E-state index in [1.54, 1.807) is 0 Å². The number of rotatable bonds is 6. The van der Waals surface area contributed by atoms with Gasteiger partial charge in [0.25, 0.3) is 0 Å². The predicted molar refractivity (Wildman–Crippen MR) is 65.9 cm³/mol. The van der Waals surface area contributed by atoms with Crippen LogP contribution in [0.4, 0.5) is 4.39 Å². The Hall–Kier alpha value is -0.740. The van der Waals surface area contributed by atoms with Crippen LogP contribution in [0.5, 0.6) is 0 Å². The van der Waals surface area contributed by atoms with E-state index in [9.17, 15) is 8.60 Å². The molecule has 1 aromatic rings. The fraction of sp³-hybridized carbons (Fsp3) is 0.500. The molecule has 0 saturated heterocycles. The van der Waals surface area contributed by atoms with E-state index in [4.69, 9.17) is 5.73 Å². The van der Waals surface area contributed by atoms with Crippen LogP contribution in [-0.2, 0) is 23.1 Å². The van der Waals surface area contributed by atoms with Gasteiger partial charge in [0.2, 0.25) is 0 Å². The second-order valence-corrected chi connectivity index (χ2v) is 5.39. The van der Waals surface area contributed by atoms with E-state index in [0.29, 0.717) is 18.1 Å². The third kappa shape index (κ3) is 4.41. The van der Waals surface area contributed by atoms with Crippen LogP contribution < -0.4 is 5.73 Å². The first kappa shape index (κ1) is 13.3. The Balaban J connectivity index is 2.65. The minimum absolute atomic E-state index is 0.301. The molecule has 1 atom stereocenters. The second-order valence-electron chi connectivity index (χ2n) is 3.81. The van der Waals surface area contributed by atoms with Gasteiger partial charge in [0.15, 0.2) is 0 Å². The van der Waals surface area contributed by atoms with Crippen LogP contribution in [0.2, 0.25) is 0 Å². The number of hydrogen-bond donors (Lipinski definition) is 1. The van der Waals surface area contributed by atoms with Gasteiger partial charge in [-0.2, -0.15) is 0 Å². The molecule has 90 valence electrons. The van der Waals surface area contributed by atoms with Crippen LogP contribution in [0.3, 0.4) is 0 Å². The molecular formula is C12H18FNOS. The minimum Gasteiger partial charge on any atom is -0.326 e. The van der Waals surface area contributed by atoms with E-state index < -0.39 is 10.8 Å². The van der Waals surface area contributed by atoms with Gasteiger partial charge >= 0.3 is 0 Å². The van der Waals surface area contributed by atoms with Gasteiger partial charge in [0.05, 0.1) is 0 Å². The molecule has 0 bridgehead atoms. The van der Waals surface area contributed by atoms with E-state index in [2.05, 4.69) is 6.92 Å². The largest absolute Gasteiger partial charge is 0.326 e. The molecule has 0 amide bonds. The summed E-state index contributed by atoms with van der Waals surface area (Å²) in [5, 5.41) is 0.